The Labute approximate surface area is 104 Å². The highest BCUT2D eigenvalue weighted by Gasteiger charge is 2.20. The number of hydrogen-bond donors (Lipinski definition) is 2. The van der Waals surface area contributed by atoms with Crippen molar-refractivity contribution in [2.75, 3.05) is 6.54 Å². The number of rotatable bonds is 4. The van der Waals surface area contributed by atoms with Crippen LogP contribution in [0.25, 0.3) is 6.08 Å². The maximum atomic E-state index is 11.5. The fourth-order valence-corrected chi connectivity index (χ4v) is 2.28. The Morgan fingerprint density at radius 1 is 1.65 bits per heavy atom. The molecular formula is C12H14N2O2S. The van der Waals surface area contributed by atoms with Crippen LogP contribution in [0.15, 0.2) is 23.6 Å². The number of carbonyl (C=O) groups excluding carboxylic acids is 2. The Hall–Kier alpha value is -1.62. The molecule has 1 aliphatic rings. The minimum atomic E-state index is -0.125. The number of nitrogens with one attached hydrogen (secondary N) is 2. The van der Waals surface area contributed by atoms with Crippen LogP contribution in [0.4, 0.5) is 0 Å². The van der Waals surface area contributed by atoms with Gasteiger partial charge in [-0.25, -0.2) is 0 Å². The van der Waals surface area contributed by atoms with Gasteiger partial charge in [-0.15, -0.1) is 11.3 Å². The van der Waals surface area contributed by atoms with Gasteiger partial charge in [0.05, 0.1) is 0 Å². The Kier molecular flexibility index (Phi) is 3.93. The fraction of sp³-hybridized carbons (Fsp3) is 0.333. The van der Waals surface area contributed by atoms with Crippen molar-refractivity contribution in [3.05, 3.63) is 28.5 Å². The van der Waals surface area contributed by atoms with Crippen LogP contribution >= 0.6 is 11.3 Å². The number of hydrogen-bond acceptors (Lipinski definition) is 3. The number of carbonyl (C=O) groups is 2. The van der Waals surface area contributed by atoms with Gasteiger partial charge >= 0.3 is 0 Å². The molecule has 0 radical (unpaired) electrons. The van der Waals surface area contributed by atoms with Gasteiger partial charge in [0.15, 0.2) is 0 Å². The van der Waals surface area contributed by atoms with Gasteiger partial charge in [0.2, 0.25) is 11.8 Å². The summed E-state index contributed by atoms with van der Waals surface area (Å²) in [4.78, 5) is 23.5. The van der Waals surface area contributed by atoms with E-state index in [2.05, 4.69) is 10.6 Å². The Bertz CT molecular complexity index is 426. The minimum Gasteiger partial charge on any atom is -0.352 e. The van der Waals surface area contributed by atoms with Gasteiger partial charge in [-0.3, -0.25) is 9.59 Å². The van der Waals surface area contributed by atoms with Gasteiger partial charge in [-0.2, -0.15) is 0 Å². The summed E-state index contributed by atoms with van der Waals surface area (Å²) in [7, 11) is 0. The van der Waals surface area contributed by atoms with Crippen LogP contribution < -0.4 is 10.6 Å². The predicted octanol–water partition coefficient (Wildman–Crippen LogP) is 1.16. The van der Waals surface area contributed by atoms with Crippen LogP contribution in [-0.4, -0.2) is 24.4 Å². The van der Waals surface area contributed by atoms with Crippen LogP contribution in [0.3, 0.4) is 0 Å². The fourth-order valence-electron chi connectivity index (χ4n) is 1.66. The molecule has 1 aromatic heterocycles. The lowest BCUT2D eigenvalue weighted by Crippen LogP contribution is -2.37. The molecule has 1 aliphatic heterocycles. The lowest BCUT2D eigenvalue weighted by Gasteiger charge is -2.09. The highest BCUT2D eigenvalue weighted by atomic mass is 32.1. The molecule has 2 rings (SSSR count). The molecule has 17 heavy (non-hydrogen) atoms. The van der Waals surface area contributed by atoms with E-state index >= 15 is 0 Å². The smallest absolute Gasteiger partial charge is 0.244 e. The second-order valence-electron chi connectivity index (χ2n) is 3.90. The molecule has 2 N–H and O–H groups in total. The first kappa shape index (κ1) is 11.9. The molecule has 0 aromatic carbocycles. The highest BCUT2D eigenvalue weighted by Crippen LogP contribution is 2.10. The zero-order valence-corrected chi connectivity index (χ0v) is 10.1. The first-order valence-electron chi connectivity index (χ1n) is 5.53. The molecule has 0 bridgehead atoms. The van der Waals surface area contributed by atoms with E-state index in [1.165, 1.54) is 6.08 Å². The SMILES string of the molecule is O=C(/C=C\c1cccs1)NC[C@@H]1CCC(=O)N1. The molecule has 2 amide bonds. The highest BCUT2D eigenvalue weighted by molar-refractivity contribution is 7.10. The van der Waals surface area contributed by atoms with Gasteiger partial charge in [-0.05, 0) is 23.9 Å². The molecule has 1 aromatic rings. The topological polar surface area (TPSA) is 58.2 Å². The molecule has 1 atom stereocenters. The Morgan fingerprint density at radius 3 is 3.18 bits per heavy atom. The summed E-state index contributed by atoms with van der Waals surface area (Å²) in [5.74, 6) is -0.0575. The molecule has 4 nitrogen and oxygen atoms in total. The van der Waals surface area contributed by atoms with Gasteiger partial charge in [0.25, 0.3) is 0 Å². The van der Waals surface area contributed by atoms with Crippen molar-refractivity contribution in [1.82, 2.24) is 10.6 Å². The molecule has 0 saturated carbocycles. The molecule has 0 aliphatic carbocycles. The Morgan fingerprint density at radius 2 is 2.53 bits per heavy atom. The van der Waals surface area contributed by atoms with Gasteiger partial charge < -0.3 is 10.6 Å². The van der Waals surface area contributed by atoms with E-state index < -0.39 is 0 Å². The van der Waals surface area contributed by atoms with Crippen LogP contribution in [0.5, 0.6) is 0 Å². The first-order valence-corrected chi connectivity index (χ1v) is 6.41. The monoisotopic (exact) mass is 250 g/mol. The van der Waals surface area contributed by atoms with Crippen molar-refractivity contribution in [2.45, 2.75) is 18.9 Å². The molecule has 5 heteroatoms. The Balaban J connectivity index is 1.72. The minimum absolute atomic E-state index is 0.0679. The quantitative estimate of drug-likeness (QED) is 0.788. The summed E-state index contributed by atoms with van der Waals surface area (Å²) in [6, 6.07) is 3.98. The summed E-state index contributed by atoms with van der Waals surface area (Å²) in [6.45, 7) is 0.499. The van der Waals surface area contributed by atoms with Crippen LogP contribution in [-0.2, 0) is 9.59 Å². The van der Waals surface area contributed by atoms with Gasteiger partial charge in [0, 0.05) is 30.0 Å². The lowest BCUT2D eigenvalue weighted by atomic mass is 10.2. The van der Waals surface area contributed by atoms with Crippen molar-refractivity contribution in [1.29, 1.82) is 0 Å². The summed E-state index contributed by atoms with van der Waals surface area (Å²) >= 11 is 1.58. The average Bonchev–Trinajstić information content (AvgIpc) is 2.95. The van der Waals surface area contributed by atoms with Crippen molar-refractivity contribution in [3.8, 4) is 0 Å². The normalized spacial score (nSPS) is 19.5. The summed E-state index contributed by atoms with van der Waals surface area (Å²) in [6.07, 6.45) is 4.66. The van der Waals surface area contributed by atoms with Crippen LogP contribution in [0.2, 0.25) is 0 Å². The number of thiophene rings is 1. The molecular weight excluding hydrogens is 236 g/mol. The summed E-state index contributed by atoms with van der Waals surface area (Å²) in [5.41, 5.74) is 0. The lowest BCUT2D eigenvalue weighted by molar-refractivity contribution is -0.120. The van der Waals surface area contributed by atoms with Crippen molar-refractivity contribution in [2.24, 2.45) is 0 Å². The van der Waals surface area contributed by atoms with E-state index in [1.807, 2.05) is 17.5 Å². The standard InChI is InChI=1S/C12H14N2O2S/c15-11(6-4-10-2-1-7-17-10)13-8-9-3-5-12(16)14-9/h1-2,4,6-7,9H,3,5,8H2,(H,13,15)(H,14,16)/b6-4-/t9-/m0/s1. The van der Waals surface area contributed by atoms with Crippen molar-refractivity contribution >= 4 is 29.2 Å². The second kappa shape index (κ2) is 5.63. The first-order chi connectivity index (χ1) is 8.24. The van der Waals surface area contributed by atoms with Gasteiger partial charge in [-0.1, -0.05) is 6.07 Å². The third-order valence-electron chi connectivity index (χ3n) is 2.55. The van der Waals surface area contributed by atoms with Crippen LogP contribution in [0.1, 0.15) is 17.7 Å². The predicted molar refractivity (Wildman–Crippen MR) is 67.5 cm³/mol. The molecule has 90 valence electrons. The molecule has 0 unspecified atom stereocenters. The molecule has 2 heterocycles. The van der Waals surface area contributed by atoms with Crippen molar-refractivity contribution in [3.63, 3.8) is 0 Å². The molecule has 1 saturated heterocycles. The maximum Gasteiger partial charge on any atom is 0.244 e. The van der Waals surface area contributed by atoms with E-state index in [-0.39, 0.29) is 17.9 Å². The van der Waals surface area contributed by atoms with E-state index in [0.29, 0.717) is 13.0 Å². The van der Waals surface area contributed by atoms with Crippen LogP contribution in [0, 0.1) is 0 Å². The van der Waals surface area contributed by atoms with E-state index in [1.54, 1.807) is 17.4 Å². The number of amides is 2. The van der Waals surface area contributed by atoms with Gasteiger partial charge in [0.1, 0.15) is 0 Å². The van der Waals surface area contributed by atoms with E-state index in [0.717, 1.165) is 11.3 Å². The van der Waals surface area contributed by atoms with E-state index in [9.17, 15) is 9.59 Å². The zero-order chi connectivity index (χ0) is 12.1. The molecule has 0 spiro atoms. The molecule has 1 fully saturated rings. The summed E-state index contributed by atoms with van der Waals surface area (Å²) < 4.78 is 0. The second-order valence-corrected chi connectivity index (χ2v) is 4.88. The average molecular weight is 250 g/mol. The largest absolute Gasteiger partial charge is 0.352 e. The van der Waals surface area contributed by atoms with Crippen molar-refractivity contribution < 1.29 is 9.59 Å². The summed E-state index contributed by atoms with van der Waals surface area (Å²) in [5, 5.41) is 7.54. The third-order valence-corrected chi connectivity index (χ3v) is 3.39. The third kappa shape index (κ3) is 3.71. The maximum absolute atomic E-state index is 11.5. The zero-order valence-electron chi connectivity index (χ0n) is 9.31. The van der Waals surface area contributed by atoms with E-state index in [4.69, 9.17) is 0 Å².